The van der Waals surface area contributed by atoms with Gasteiger partial charge >= 0.3 is 0 Å². The third kappa shape index (κ3) is 2.72. The first-order chi connectivity index (χ1) is 8.04. The number of hydrogen-bond acceptors (Lipinski definition) is 2. The van der Waals surface area contributed by atoms with E-state index in [-0.39, 0.29) is 11.4 Å². The van der Waals surface area contributed by atoms with E-state index in [1.54, 1.807) is 6.20 Å². The fourth-order valence-corrected chi connectivity index (χ4v) is 2.46. The number of nitrogens with zero attached hydrogens (tertiary/aromatic N) is 1. The van der Waals surface area contributed by atoms with E-state index >= 15 is 0 Å². The molecule has 1 aliphatic rings. The van der Waals surface area contributed by atoms with Crippen LogP contribution in [0.4, 0.5) is 0 Å². The van der Waals surface area contributed by atoms with Crippen LogP contribution in [0, 0.1) is 0 Å². The summed E-state index contributed by atoms with van der Waals surface area (Å²) in [6.07, 6.45) is 3.78. The van der Waals surface area contributed by atoms with Crippen molar-refractivity contribution in [3.63, 3.8) is 0 Å². The minimum absolute atomic E-state index is 0.0915. The van der Waals surface area contributed by atoms with Gasteiger partial charge in [-0.3, -0.25) is 4.79 Å². The molecule has 2 rings (SSSR count). The maximum atomic E-state index is 12.2. The lowest BCUT2D eigenvalue weighted by atomic mass is 9.90. The van der Waals surface area contributed by atoms with Gasteiger partial charge in [-0.15, -0.1) is 0 Å². The van der Waals surface area contributed by atoms with E-state index < -0.39 is 0 Å². The number of nitrogens with one attached hydrogen (secondary N) is 2. The predicted molar refractivity (Wildman–Crippen MR) is 71.1 cm³/mol. The number of rotatable bonds is 2. The van der Waals surface area contributed by atoms with Crippen molar-refractivity contribution < 1.29 is 4.79 Å². The molecule has 2 heterocycles. The molecule has 0 atom stereocenters. The first-order valence-corrected chi connectivity index (χ1v) is 6.65. The zero-order valence-corrected chi connectivity index (χ0v) is 11.8. The van der Waals surface area contributed by atoms with Gasteiger partial charge in [0.15, 0.2) is 0 Å². The zero-order valence-electron chi connectivity index (χ0n) is 10.2. The molecule has 0 aromatic carbocycles. The van der Waals surface area contributed by atoms with Crippen molar-refractivity contribution in [1.82, 2.24) is 15.2 Å². The summed E-state index contributed by atoms with van der Waals surface area (Å²) in [5.41, 5.74) is 0.831. The molecule has 0 saturated carbocycles. The lowest BCUT2D eigenvalue weighted by Crippen LogP contribution is -2.51. The van der Waals surface area contributed by atoms with Crippen LogP contribution in [0.2, 0.25) is 0 Å². The number of carbonyl (C=O) groups excluding carboxylic acids is 1. The number of carbonyl (C=O) groups is 1. The van der Waals surface area contributed by atoms with E-state index in [0.29, 0.717) is 5.69 Å². The highest BCUT2D eigenvalue weighted by atomic mass is 79.9. The second kappa shape index (κ2) is 4.82. The number of piperidine rings is 1. The molecule has 0 radical (unpaired) electrons. The van der Waals surface area contributed by atoms with Gasteiger partial charge in [-0.25, -0.2) is 0 Å². The Morgan fingerprint density at radius 1 is 1.53 bits per heavy atom. The average Bonchev–Trinajstić information content (AvgIpc) is 2.76. The second-order valence-electron chi connectivity index (χ2n) is 4.83. The molecule has 1 fully saturated rings. The van der Waals surface area contributed by atoms with E-state index in [4.69, 9.17) is 0 Å². The Hall–Kier alpha value is -0.810. The van der Waals surface area contributed by atoms with Crippen LogP contribution < -0.4 is 5.32 Å². The Balaban J connectivity index is 1.99. The van der Waals surface area contributed by atoms with Crippen LogP contribution in [-0.2, 0) is 0 Å². The predicted octanol–water partition coefficient (Wildman–Crippen LogP) is 1.99. The van der Waals surface area contributed by atoms with E-state index in [2.05, 4.69) is 33.2 Å². The Morgan fingerprint density at radius 3 is 2.65 bits per heavy atom. The van der Waals surface area contributed by atoms with Crippen LogP contribution in [0.15, 0.2) is 16.7 Å². The molecule has 0 spiro atoms. The minimum Gasteiger partial charge on any atom is -0.356 e. The molecule has 1 saturated heterocycles. The summed E-state index contributed by atoms with van der Waals surface area (Å²) in [6, 6.07) is 1.83. The standard InChI is InChI=1S/C12H18BrN3O/c1-12(14-2)3-5-16(6-4-12)11(17)10-7-9(13)8-15-10/h7-8,14-15H,3-6H2,1-2H3. The molecule has 2 N–H and O–H groups in total. The van der Waals surface area contributed by atoms with Crippen molar-refractivity contribution >= 4 is 21.8 Å². The third-order valence-corrected chi connectivity index (χ3v) is 4.09. The maximum Gasteiger partial charge on any atom is 0.270 e. The molecule has 5 heteroatoms. The molecule has 1 aromatic rings. The van der Waals surface area contributed by atoms with Gasteiger partial charge in [-0.2, -0.15) is 0 Å². The molecule has 1 amide bonds. The van der Waals surface area contributed by atoms with Gasteiger partial charge in [0.1, 0.15) is 5.69 Å². The molecular weight excluding hydrogens is 282 g/mol. The van der Waals surface area contributed by atoms with Crippen molar-refractivity contribution in [1.29, 1.82) is 0 Å². The van der Waals surface area contributed by atoms with Crippen LogP contribution in [0.1, 0.15) is 30.3 Å². The zero-order chi connectivity index (χ0) is 12.5. The Kier molecular flexibility index (Phi) is 3.58. The molecule has 0 unspecified atom stereocenters. The summed E-state index contributed by atoms with van der Waals surface area (Å²) in [4.78, 5) is 17.1. The minimum atomic E-state index is 0.0915. The molecular formula is C12H18BrN3O. The number of halogens is 1. The number of H-pyrrole nitrogens is 1. The molecule has 0 bridgehead atoms. The maximum absolute atomic E-state index is 12.2. The normalized spacial score (nSPS) is 19.4. The van der Waals surface area contributed by atoms with Gasteiger partial charge in [0, 0.05) is 29.3 Å². The first kappa shape index (κ1) is 12.6. The van der Waals surface area contributed by atoms with Gasteiger partial charge in [0.2, 0.25) is 0 Å². The monoisotopic (exact) mass is 299 g/mol. The number of amides is 1. The summed E-state index contributed by atoms with van der Waals surface area (Å²) in [5, 5.41) is 3.33. The molecule has 94 valence electrons. The summed E-state index contributed by atoms with van der Waals surface area (Å²) in [6.45, 7) is 3.83. The van der Waals surface area contributed by atoms with Crippen molar-refractivity contribution in [2.45, 2.75) is 25.3 Å². The van der Waals surface area contributed by atoms with Crippen molar-refractivity contribution in [3.05, 3.63) is 22.4 Å². The molecule has 17 heavy (non-hydrogen) atoms. The van der Waals surface area contributed by atoms with Gasteiger partial charge in [0.05, 0.1) is 0 Å². The highest BCUT2D eigenvalue weighted by Crippen LogP contribution is 2.22. The molecule has 4 nitrogen and oxygen atoms in total. The summed E-state index contributed by atoms with van der Waals surface area (Å²) in [5.74, 6) is 0.0915. The van der Waals surface area contributed by atoms with Crippen LogP contribution in [0.5, 0.6) is 0 Å². The number of likely N-dealkylation sites (tertiary alicyclic amines) is 1. The van der Waals surface area contributed by atoms with Crippen molar-refractivity contribution in [2.75, 3.05) is 20.1 Å². The molecule has 0 aliphatic carbocycles. The Labute approximate surface area is 110 Å². The van der Waals surface area contributed by atoms with Crippen LogP contribution in [-0.4, -0.2) is 41.5 Å². The third-order valence-electron chi connectivity index (χ3n) is 3.64. The van der Waals surface area contributed by atoms with Crippen molar-refractivity contribution in [2.24, 2.45) is 0 Å². The smallest absolute Gasteiger partial charge is 0.270 e. The Bertz CT molecular complexity index is 408. The topological polar surface area (TPSA) is 48.1 Å². The lowest BCUT2D eigenvalue weighted by molar-refractivity contribution is 0.0656. The largest absolute Gasteiger partial charge is 0.356 e. The molecule has 1 aliphatic heterocycles. The fraction of sp³-hybridized carbons (Fsp3) is 0.583. The van der Waals surface area contributed by atoms with Crippen LogP contribution >= 0.6 is 15.9 Å². The highest BCUT2D eigenvalue weighted by Gasteiger charge is 2.30. The number of hydrogen-bond donors (Lipinski definition) is 2. The van der Waals surface area contributed by atoms with Gasteiger partial charge in [-0.05, 0) is 48.8 Å². The van der Waals surface area contributed by atoms with E-state index in [9.17, 15) is 4.79 Å². The van der Waals surface area contributed by atoms with Crippen LogP contribution in [0.25, 0.3) is 0 Å². The number of aromatic amines is 1. The van der Waals surface area contributed by atoms with Crippen molar-refractivity contribution in [3.8, 4) is 0 Å². The van der Waals surface area contributed by atoms with E-state index in [1.807, 2.05) is 18.0 Å². The summed E-state index contributed by atoms with van der Waals surface area (Å²) < 4.78 is 0.915. The summed E-state index contributed by atoms with van der Waals surface area (Å²) >= 11 is 3.34. The second-order valence-corrected chi connectivity index (χ2v) is 5.75. The average molecular weight is 300 g/mol. The van der Waals surface area contributed by atoms with Gasteiger partial charge in [-0.1, -0.05) is 0 Å². The summed E-state index contributed by atoms with van der Waals surface area (Å²) in [7, 11) is 1.99. The fourth-order valence-electron chi connectivity index (χ4n) is 2.12. The van der Waals surface area contributed by atoms with Gasteiger partial charge < -0.3 is 15.2 Å². The number of aromatic nitrogens is 1. The van der Waals surface area contributed by atoms with E-state index in [0.717, 1.165) is 30.4 Å². The first-order valence-electron chi connectivity index (χ1n) is 5.86. The van der Waals surface area contributed by atoms with E-state index in [1.165, 1.54) is 0 Å². The quantitative estimate of drug-likeness (QED) is 0.877. The molecule has 1 aromatic heterocycles. The Morgan fingerprint density at radius 2 is 2.18 bits per heavy atom. The van der Waals surface area contributed by atoms with Crippen LogP contribution in [0.3, 0.4) is 0 Å². The SMILES string of the molecule is CNC1(C)CCN(C(=O)c2cc(Br)c[nH]2)CC1. The highest BCUT2D eigenvalue weighted by molar-refractivity contribution is 9.10. The van der Waals surface area contributed by atoms with Gasteiger partial charge in [0.25, 0.3) is 5.91 Å². The lowest BCUT2D eigenvalue weighted by Gasteiger charge is -2.39.